The molecular weight excluding hydrogens is 398 g/mol. The molecule has 0 saturated carbocycles. The summed E-state index contributed by atoms with van der Waals surface area (Å²) in [6.45, 7) is 0.424. The van der Waals surface area contributed by atoms with Gasteiger partial charge in [0.1, 0.15) is 0 Å². The second-order valence-corrected chi connectivity index (χ2v) is 7.75. The van der Waals surface area contributed by atoms with Crippen molar-refractivity contribution in [3.8, 4) is 11.1 Å². The number of hydrogen-bond acceptors (Lipinski definition) is 3. The largest absolute Gasteiger partial charge is 0.348 e. The van der Waals surface area contributed by atoms with Crippen molar-refractivity contribution in [3.63, 3.8) is 0 Å². The molecule has 1 aliphatic rings. The van der Waals surface area contributed by atoms with Crippen molar-refractivity contribution < 1.29 is 9.59 Å². The van der Waals surface area contributed by atoms with Gasteiger partial charge < -0.3 is 10.6 Å². The summed E-state index contributed by atoms with van der Waals surface area (Å²) >= 11 is 0. The van der Waals surface area contributed by atoms with Gasteiger partial charge in [0.05, 0.1) is 17.4 Å². The van der Waals surface area contributed by atoms with Crippen LogP contribution in [0, 0.1) is 0 Å². The van der Waals surface area contributed by atoms with E-state index in [-0.39, 0.29) is 11.8 Å². The van der Waals surface area contributed by atoms with Crippen LogP contribution in [0.25, 0.3) is 11.1 Å². The first-order chi connectivity index (χ1) is 15.7. The minimum absolute atomic E-state index is 0.210. The lowest BCUT2D eigenvalue weighted by atomic mass is 10.0. The molecule has 1 heterocycles. The topological polar surface area (TPSA) is 71.1 Å². The maximum Gasteiger partial charge on any atom is 0.256 e. The van der Waals surface area contributed by atoms with Gasteiger partial charge in [-0.05, 0) is 46.4 Å². The van der Waals surface area contributed by atoms with E-state index in [2.05, 4.69) is 33.8 Å². The molecule has 156 valence electrons. The van der Waals surface area contributed by atoms with E-state index in [0.717, 1.165) is 23.1 Å². The normalized spacial score (nSPS) is 11.4. The fourth-order valence-electron chi connectivity index (χ4n) is 4.08. The zero-order chi connectivity index (χ0) is 21.9. The smallest absolute Gasteiger partial charge is 0.256 e. The molecule has 5 nitrogen and oxygen atoms in total. The third-order valence-corrected chi connectivity index (χ3v) is 5.65. The number of benzene rings is 3. The maximum absolute atomic E-state index is 13.1. The van der Waals surface area contributed by atoms with Gasteiger partial charge in [-0.2, -0.15) is 0 Å². The predicted octanol–water partition coefficient (Wildman–Crippen LogP) is 4.84. The van der Waals surface area contributed by atoms with Crippen LogP contribution in [0.1, 0.15) is 37.4 Å². The van der Waals surface area contributed by atoms with Crippen molar-refractivity contribution in [2.45, 2.75) is 13.0 Å². The van der Waals surface area contributed by atoms with Gasteiger partial charge in [0.2, 0.25) is 0 Å². The van der Waals surface area contributed by atoms with Crippen LogP contribution in [0.15, 0.2) is 91.3 Å². The monoisotopic (exact) mass is 419 g/mol. The molecule has 5 heteroatoms. The van der Waals surface area contributed by atoms with Crippen LogP contribution in [0.3, 0.4) is 0 Å². The van der Waals surface area contributed by atoms with Crippen LogP contribution in [-0.4, -0.2) is 16.8 Å². The molecule has 2 amide bonds. The Labute approximate surface area is 186 Å². The molecule has 0 saturated heterocycles. The van der Waals surface area contributed by atoms with Gasteiger partial charge in [-0.25, -0.2) is 0 Å². The van der Waals surface area contributed by atoms with Crippen LogP contribution < -0.4 is 10.6 Å². The molecule has 0 radical (unpaired) electrons. The Morgan fingerprint density at radius 1 is 0.812 bits per heavy atom. The average Bonchev–Trinajstić information content (AvgIpc) is 3.22. The number of amides is 2. The molecule has 0 bridgehead atoms. The molecule has 1 aliphatic carbocycles. The second kappa shape index (κ2) is 8.47. The van der Waals surface area contributed by atoms with Crippen molar-refractivity contribution in [2.75, 3.05) is 5.32 Å². The summed E-state index contributed by atoms with van der Waals surface area (Å²) in [5.74, 6) is -0.452. The molecule has 5 rings (SSSR count). The lowest BCUT2D eigenvalue weighted by Gasteiger charge is -2.11. The summed E-state index contributed by atoms with van der Waals surface area (Å²) < 4.78 is 0. The summed E-state index contributed by atoms with van der Waals surface area (Å²) in [6, 6.07) is 25.3. The van der Waals surface area contributed by atoms with E-state index in [1.54, 1.807) is 12.3 Å². The third kappa shape index (κ3) is 3.88. The molecule has 1 aromatic heterocycles. The molecule has 3 aromatic carbocycles. The van der Waals surface area contributed by atoms with E-state index in [9.17, 15) is 9.59 Å². The van der Waals surface area contributed by atoms with E-state index in [1.807, 2.05) is 54.6 Å². The van der Waals surface area contributed by atoms with Crippen LogP contribution in [0.5, 0.6) is 0 Å². The molecule has 32 heavy (non-hydrogen) atoms. The number of carbonyl (C=O) groups excluding carboxylic acids is 2. The summed E-state index contributed by atoms with van der Waals surface area (Å²) in [5.41, 5.74) is 7.04. The fraction of sp³-hybridized carbons (Fsp3) is 0.0741. The van der Waals surface area contributed by atoms with Gasteiger partial charge in [-0.1, -0.05) is 66.7 Å². The first-order valence-corrected chi connectivity index (χ1v) is 10.5. The van der Waals surface area contributed by atoms with Gasteiger partial charge >= 0.3 is 0 Å². The van der Waals surface area contributed by atoms with Crippen molar-refractivity contribution >= 4 is 17.5 Å². The zero-order valence-electron chi connectivity index (χ0n) is 17.3. The van der Waals surface area contributed by atoms with E-state index < -0.39 is 0 Å². The van der Waals surface area contributed by atoms with Crippen molar-refractivity contribution in [1.29, 1.82) is 0 Å². The molecule has 2 N–H and O–H groups in total. The lowest BCUT2D eigenvalue weighted by Crippen LogP contribution is -2.23. The number of nitrogens with zero attached hydrogens (tertiary/aromatic N) is 1. The number of carbonyl (C=O) groups is 2. The number of nitrogens with one attached hydrogen (secondary N) is 2. The molecule has 0 spiro atoms. The van der Waals surface area contributed by atoms with Crippen molar-refractivity contribution in [3.05, 3.63) is 119 Å². The maximum atomic E-state index is 13.1. The second-order valence-electron chi connectivity index (χ2n) is 7.75. The number of anilines is 1. The fourth-order valence-corrected chi connectivity index (χ4v) is 4.08. The zero-order valence-corrected chi connectivity index (χ0v) is 17.3. The SMILES string of the molecule is O=C(NCc1ccccc1)c1cncc(NC(=O)c2cccc3c2Cc2ccccc2-3)c1. The van der Waals surface area contributed by atoms with E-state index >= 15 is 0 Å². The quantitative estimate of drug-likeness (QED) is 0.428. The summed E-state index contributed by atoms with van der Waals surface area (Å²) in [7, 11) is 0. The molecule has 0 atom stereocenters. The van der Waals surface area contributed by atoms with Crippen molar-refractivity contribution in [2.24, 2.45) is 0 Å². The molecule has 4 aromatic rings. The van der Waals surface area contributed by atoms with E-state index in [4.69, 9.17) is 0 Å². The number of pyridine rings is 1. The predicted molar refractivity (Wildman–Crippen MR) is 124 cm³/mol. The molecule has 0 unspecified atom stereocenters. The highest BCUT2D eigenvalue weighted by atomic mass is 16.2. The first-order valence-electron chi connectivity index (χ1n) is 10.5. The minimum Gasteiger partial charge on any atom is -0.348 e. The van der Waals surface area contributed by atoms with E-state index in [0.29, 0.717) is 23.4 Å². The van der Waals surface area contributed by atoms with Crippen LogP contribution >= 0.6 is 0 Å². The van der Waals surface area contributed by atoms with Gasteiger partial charge in [0, 0.05) is 18.3 Å². The van der Waals surface area contributed by atoms with E-state index in [1.165, 1.54) is 17.3 Å². The molecule has 0 fully saturated rings. The summed E-state index contributed by atoms with van der Waals surface area (Å²) in [5, 5.41) is 5.78. The minimum atomic E-state index is -0.242. The Morgan fingerprint density at radius 3 is 2.47 bits per heavy atom. The highest BCUT2D eigenvalue weighted by Crippen LogP contribution is 2.38. The number of aromatic nitrogens is 1. The van der Waals surface area contributed by atoms with Crippen molar-refractivity contribution in [1.82, 2.24) is 10.3 Å². The highest BCUT2D eigenvalue weighted by molar-refractivity contribution is 6.07. The Balaban J connectivity index is 1.31. The first kappa shape index (κ1) is 19.7. The van der Waals surface area contributed by atoms with Gasteiger partial charge in [-0.15, -0.1) is 0 Å². The Morgan fingerprint density at radius 2 is 1.59 bits per heavy atom. The van der Waals surface area contributed by atoms with Gasteiger partial charge in [-0.3, -0.25) is 14.6 Å². The Hall–Kier alpha value is -4.25. The average molecular weight is 419 g/mol. The number of hydrogen-bond donors (Lipinski definition) is 2. The van der Waals surface area contributed by atoms with Gasteiger partial charge in [0.25, 0.3) is 11.8 Å². The van der Waals surface area contributed by atoms with Gasteiger partial charge in [0.15, 0.2) is 0 Å². The lowest BCUT2D eigenvalue weighted by molar-refractivity contribution is 0.0949. The standard InChI is InChI=1S/C27H21N3O2/c31-26(29-15-18-7-2-1-3-8-18)20-13-21(17-28-16-20)30-27(32)24-12-6-11-23-22-10-5-4-9-19(22)14-25(23)24/h1-13,16-17H,14-15H2,(H,29,31)(H,30,32). The van der Waals surface area contributed by atoms with Crippen LogP contribution in [-0.2, 0) is 13.0 Å². The highest BCUT2D eigenvalue weighted by Gasteiger charge is 2.23. The number of fused-ring (bicyclic) bond motifs is 3. The summed E-state index contributed by atoms with van der Waals surface area (Å²) in [6.07, 6.45) is 3.77. The molecule has 0 aliphatic heterocycles. The molecular formula is C27H21N3O2. The third-order valence-electron chi connectivity index (χ3n) is 5.65. The Kier molecular flexibility index (Phi) is 5.22. The summed E-state index contributed by atoms with van der Waals surface area (Å²) in [4.78, 5) is 29.8. The van der Waals surface area contributed by atoms with Crippen LogP contribution in [0.4, 0.5) is 5.69 Å². The Bertz CT molecular complexity index is 1320. The number of rotatable bonds is 5. The van der Waals surface area contributed by atoms with Crippen LogP contribution in [0.2, 0.25) is 0 Å².